The van der Waals surface area contributed by atoms with Crippen LogP contribution in [0.1, 0.15) is 49.7 Å². The summed E-state index contributed by atoms with van der Waals surface area (Å²) in [7, 11) is 0.962. The summed E-state index contributed by atoms with van der Waals surface area (Å²) in [5.41, 5.74) is 5.84. The zero-order valence-electron chi connectivity index (χ0n) is 14.4. The van der Waals surface area contributed by atoms with Crippen LogP contribution in [-0.2, 0) is 12.8 Å². The molecule has 120 valence electrons. The molecule has 23 heavy (non-hydrogen) atoms. The highest BCUT2D eigenvalue weighted by atomic mass is 14.1. The maximum Gasteiger partial charge on any atom is 0.192 e. The van der Waals surface area contributed by atoms with Gasteiger partial charge in [-0.2, -0.15) is 0 Å². The third kappa shape index (κ3) is 6.10. The van der Waals surface area contributed by atoms with E-state index >= 15 is 0 Å². The summed E-state index contributed by atoms with van der Waals surface area (Å²) in [6.45, 7) is 7.58. The van der Waals surface area contributed by atoms with Gasteiger partial charge in [0, 0.05) is 0 Å². The summed E-state index contributed by atoms with van der Waals surface area (Å²) < 4.78 is 0. The first-order valence-electron chi connectivity index (χ1n) is 9.05. The first-order chi connectivity index (χ1) is 11.3. The molecule has 0 aliphatic heterocycles. The van der Waals surface area contributed by atoms with E-state index in [9.17, 15) is 0 Å². The highest BCUT2D eigenvalue weighted by molar-refractivity contribution is 6.61. The molecule has 0 nitrogen and oxygen atoms in total. The van der Waals surface area contributed by atoms with Crippen molar-refractivity contribution in [2.75, 3.05) is 0 Å². The summed E-state index contributed by atoms with van der Waals surface area (Å²) in [4.78, 5) is 0. The molecule has 0 unspecified atom stereocenters. The highest BCUT2D eigenvalue weighted by Crippen LogP contribution is 2.19. The number of hydrogen-bond acceptors (Lipinski definition) is 0. The molecule has 0 saturated heterocycles. The van der Waals surface area contributed by atoms with Crippen molar-refractivity contribution in [3.63, 3.8) is 0 Å². The summed E-state index contributed by atoms with van der Waals surface area (Å²) >= 11 is 0. The van der Waals surface area contributed by atoms with Crippen LogP contribution in [0.3, 0.4) is 0 Å². The minimum Gasteiger partial charge on any atom is -0.0991 e. The van der Waals surface area contributed by atoms with E-state index in [2.05, 4.69) is 43.5 Å². The number of fused-ring (bicyclic) bond motifs is 1. The Labute approximate surface area is 142 Å². The Morgan fingerprint density at radius 3 is 2.26 bits per heavy atom. The fraction of sp³-hybridized carbons (Fsp3) is 0.364. The first-order valence-corrected chi connectivity index (χ1v) is 9.05. The van der Waals surface area contributed by atoms with Crippen LogP contribution in [0.5, 0.6) is 0 Å². The van der Waals surface area contributed by atoms with Gasteiger partial charge in [0.25, 0.3) is 0 Å². The predicted octanol–water partition coefficient (Wildman–Crippen LogP) is 5.00. The predicted molar refractivity (Wildman–Crippen MR) is 106 cm³/mol. The van der Waals surface area contributed by atoms with Crippen molar-refractivity contribution in [2.24, 2.45) is 0 Å². The van der Waals surface area contributed by atoms with Crippen LogP contribution >= 0.6 is 0 Å². The zero-order chi connectivity index (χ0) is 16.3. The van der Waals surface area contributed by atoms with Gasteiger partial charge in [-0.25, -0.2) is 0 Å². The van der Waals surface area contributed by atoms with Gasteiger partial charge in [0.15, 0.2) is 7.28 Å². The van der Waals surface area contributed by atoms with Crippen molar-refractivity contribution in [1.29, 1.82) is 0 Å². The van der Waals surface area contributed by atoms with E-state index in [1.807, 2.05) is 18.2 Å². The molecule has 0 fully saturated rings. The smallest absolute Gasteiger partial charge is 0.0991 e. The van der Waals surface area contributed by atoms with Gasteiger partial charge in [-0.15, -0.1) is 0 Å². The van der Waals surface area contributed by atoms with Crippen molar-refractivity contribution >= 4 is 12.7 Å². The standard InChI is InChI=1S/C22H29B/c1-3-5-15-21(12-4-2)23-22-17-16-19-13-10-8-6-7-9-11-14-20(19)18-22/h3-5,12,15-18,23H,1-2,6-11,13-14H2/b15-5-,21-12+. The SMILES string of the molecule is C=C/C=C\C(Bc1ccc2c(c1)CCCCCCCC2)=C/C=C. The van der Waals surface area contributed by atoms with Crippen LogP contribution < -0.4 is 5.46 Å². The van der Waals surface area contributed by atoms with Crippen LogP contribution in [0.15, 0.2) is 67.2 Å². The molecule has 0 spiro atoms. The van der Waals surface area contributed by atoms with E-state index in [1.54, 1.807) is 11.1 Å². The van der Waals surface area contributed by atoms with Crippen molar-refractivity contribution in [1.82, 2.24) is 0 Å². The normalized spacial score (nSPS) is 16.6. The molecule has 0 radical (unpaired) electrons. The Balaban J connectivity index is 2.16. The monoisotopic (exact) mass is 304 g/mol. The third-order valence-corrected chi connectivity index (χ3v) is 4.60. The Morgan fingerprint density at radius 1 is 0.870 bits per heavy atom. The quantitative estimate of drug-likeness (QED) is 0.530. The molecule has 0 bridgehead atoms. The molecule has 0 amide bonds. The van der Waals surface area contributed by atoms with E-state index in [1.165, 1.54) is 62.3 Å². The Bertz CT molecular complexity index is 578. The Hall–Kier alpha value is -1.76. The number of rotatable bonds is 5. The van der Waals surface area contributed by atoms with Gasteiger partial charge >= 0.3 is 0 Å². The van der Waals surface area contributed by atoms with Crippen LogP contribution in [0, 0.1) is 0 Å². The second-order valence-corrected chi connectivity index (χ2v) is 6.47. The largest absolute Gasteiger partial charge is 0.192 e. The van der Waals surface area contributed by atoms with Gasteiger partial charge in [0.05, 0.1) is 0 Å². The van der Waals surface area contributed by atoms with E-state index in [4.69, 9.17) is 0 Å². The van der Waals surface area contributed by atoms with E-state index in [0.717, 1.165) is 7.28 Å². The molecule has 1 aromatic carbocycles. The topological polar surface area (TPSA) is 0 Å². The van der Waals surface area contributed by atoms with Crippen LogP contribution in [0.25, 0.3) is 0 Å². The van der Waals surface area contributed by atoms with E-state index in [0.29, 0.717) is 0 Å². The van der Waals surface area contributed by atoms with Crippen LogP contribution in [-0.4, -0.2) is 7.28 Å². The minimum absolute atomic E-state index is 0.962. The summed E-state index contributed by atoms with van der Waals surface area (Å²) in [6, 6.07) is 7.12. The maximum absolute atomic E-state index is 3.83. The second kappa shape index (κ2) is 10.1. The van der Waals surface area contributed by atoms with Crippen molar-refractivity contribution < 1.29 is 0 Å². The van der Waals surface area contributed by atoms with E-state index in [-0.39, 0.29) is 0 Å². The Kier molecular flexibility index (Phi) is 7.73. The number of aryl methyl sites for hydroxylation is 2. The molecular formula is C22H29B. The van der Waals surface area contributed by atoms with Crippen molar-refractivity contribution in [2.45, 2.75) is 51.4 Å². The maximum atomic E-state index is 3.83. The van der Waals surface area contributed by atoms with Crippen LogP contribution in [0.2, 0.25) is 0 Å². The molecule has 1 heteroatoms. The molecule has 0 atom stereocenters. The molecule has 0 saturated carbocycles. The highest BCUT2D eigenvalue weighted by Gasteiger charge is 2.08. The third-order valence-electron chi connectivity index (χ3n) is 4.60. The first kappa shape index (κ1) is 17.6. The molecule has 0 N–H and O–H groups in total. The minimum atomic E-state index is 0.962. The lowest BCUT2D eigenvalue weighted by Crippen LogP contribution is -2.17. The number of hydrogen-bond donors (Lipinski definition) is 0. The molecule has 0 aromatic heterocycles. The summed E-state index contributed by atoms with van der Waals surface area (Å²) in [6.07, 6.45) is 20.7. The molecular weight excluding hydrogens is 275 g/mol. The molecule has 2 rings (SSSR count). The van der Waals surface area contributed by atoms with Gasteiger partial charge < -0.3 is 0 Å². The summed E-state index contributed by atoms with van der Waals surface area (Å²) in [5, 5.41) is 0. The summed E-state index contributed by atoms with van der Waals surface area (Å²) in [5.74, 6) is 0. The lowest BCUT2D eigenvalue weighted by Gasteiger charge is -2.14. The number of benzene rings is 1. The molecule has 1 aromatic rings. The van der Waals surface area contributed by atoms with Crippen molar-refractivity contribution in [3.05, 3.63) is 78.3 Å². The zero-order valence-corrected chi connectivity index (χ0v) is 14.4. The van der Waals surface area contributed by atoms with E-state index < -0.39 is 0 Å². The molecule has 1 aliphatic rings. The van der Waals surface area contributed by atoms with Gasteiger partial charge in [-0.05, 0) is 36.8 Å². The molecule has 0 heterocycles. The fourth-order valence-electron chi connectivity index (χ4n) is 3.36. The van der Waals surface area contributed by atoms with Gasteiger partial charge in [-0.1, -0.05) is 98.4 Å². The number of allylic oxidation sites excluding steroid dienone is 6. The average Bonchev–Trinajstić information content (AvgIpc) is 2.57. The Morgan fingerprint density at radius 2 is 1.57 bits per heavy atom. The molecule has 1 aliphatic carbocycles. The van der Waals surface area contributed by atoms with Crippen molar-refractivity contribution in [3.8, 4) is 0 Å². The van der Waals surface area contributed by atoms with Gasteiger partial charge in [0.2, 0.25) is 0 Å². The van der Waals surface area contributed by atoms with Gasteiger partial charge in [-0.3, -0.25) is 0 Å². The lowest BCUT2D eigenvalue weighted by atomic mass is 9.62. The van der Waals surface area contributed by atoms with Gasteiger partial charge in [0.1, 0.15) is 0 Å². The average molecular weight is 304 g/mol. The fourth-order valence-corrected chi connectivity index (χ4v) is 3.36. The lowest BCUT2D eigenvalue weighted by molar-refractivity contribution is 0.581. The van der Waals surface area contributed by atoms with Crippen LogP contribution in [0.4, 0.5) is 0 Å². The second-order valence-electron chi connectivity index (χ2n) is 6.47.